The van der Waals surface area contributed by atoms with Gasteiger partial charge in [0.1, 0.15) is 11.5 Å². The Kier molecular flexibility index (Phi) is 8.17. The molecule has 2 atom stereocenters. The molecule has 3 rings (SSSR count). The number of halogens is 5. The third-order valence-corrected chi connectivity index (χ3v) is 5.31. The number of carbonyl (C=O) groups excluding carboxylic acids is 2. The molecule has 2 aromatic heterocycles. The molecule has 1 aliphatic heterocycles. The lowest BCUT2D eigenvalue weighted by atomic mass is 9.87. The van der Waals surface area contributed by atoms with E-state index in [4.69, 9.17) is 5.73 Å². The molecule has 34 heavy (non-hydrogen) atoms. The third kappa shape index (κ3) is 5.78. The number of piperidine rings is 1. The first-order valence-corrected chi connectivity index (χ1v) is 10.6. The molecule has 3 heterocycles. The van der Waals surface area contributed by atoms with Crippen molar-refractivity contribution in [2.45, 2.75) is 39.8 Å². The summed E-state index contributed by atoms with van der Waals surface area (Å²) in [4.78, 5) is 33.1. The van der Waals surface area contributed by atoms with Crippen LogP contribution in [0.15, 0.2) is 30.6 Å². The largest absolute Gasteiger partial charge is 0.417 e. The number of rotatable bonds is 4. The molecule has 0 bridgehead atoms. The molecule has 0 radical (unpaired) electrons. The summed E-state index contributed by atoms with van der Waals surface area (Å²) in [6.45, 7) is 6.26. The smallest absolute Gasteiger partial charge is 0.364 e. The minimum Gasteiger partial charge on any atom is -0.364 e. The summed E-state index contributed by atoms with van der Waals surface area (Å²) in [5, 5.41) is 2.38. The summed E-state index contributed by atoms with van der Waals surface area (Å²) in [6.07, 6.45) is -3.02. The summed E-state index contributed by atoms with van der Waals surface area (Å²) in [5.74, 6) is -7.15. The molecule has 186 valence electrons. The average Bonchev–Trinajstić information content (AvgIpc) is 2.78. The van der Waals surface area contributed by atoms with Crippen molar-refractivity contribution in [2.24, 2.45) is 17.6 Å². The number of amides is 2. The van der Waals surface area contributed by atoms with E-state index in [0.29, 0.717) is 12.3 Å². The van der Waals surface area contributed by atoms with Gasteiger partial charge in [0.25, 0.3) is 17.7 Å². The van der Waals surface area contributed by atoms with Crippen molar-refractivity contribution < 1.29 is 31.5 Å². The standard InChI is InChI=1S/C20H20F5N5O2.C2H6/c1-10-8-30(9-11(2)19(10,21)22)17-14(5-12(7-28-17)20(23,24)25)18(32)29-13-3-4-27-15(6-13)16(26)31;1-2/h3-7,10-11H,8-9H2,1-2H3,(H2,26,31)(H,27,29,32);1-2H3. The number of hydrogen-bond donors (Lipinski definition) is 2. The van der Waals surface area contributed by atoms with Gasteiger partial charge < -0.3 is 16.0 Å². The SMILES string of the molecule is CC.CC1CN(c2ncc(C(F)(F)F)cc2C(=O)Nc2ccnc(C(N)=O)c2)CC(C)C1(F)F. The first kappa shape index (κ1) is 26.9. The van der Waals surface area contributed by atoms with Crippen LogP contribution in [-0.2, 0) is 6.18 Å². The molecule has 0 spiro atoms. The van der Waals surface area contributed by atoms with E-state index < -0.39 is 46.9 Å². The number of aromatic nitrogens is 2. The maximum Gasteiger partial charge on any atom is 0.417 e. The number of nitrogens with zero attached hydrogens (tertiary/aromatic N) is 3. The second-order valence-corrected chi connectivity index (χ2v) is 7.72. The topological polar surface area (TPSA) is 101 Å². The minimum atomic E-state index is -4.77. The van der Waals surface area contributed by atoms with E-state index in [-0.39, 0.29) is 30.3 Å². The Bertz CT molecular complexity index is 1030. The summed E-state index contributed by atoms with van der Waals surface area (Å²) >= 11 is 0. The zero-order chi connectivity index (χ0) is 25.8. The molecule has 12 heteroatoms. The van der Waals surface area contributed by atoms with E-state index in [1.54, 1.807) is 0 Å². The van der Waals surface area contributed by atoms with Crippen LogP contribution in [0.5, 0.6) is 0 Å². The fourth-order valence-corrected chi connectivity index (χ4v) is 3.51. The third-order valence-electron chi connectivity index (χ3n) is 5.31. The summed E-state index contributed by atoms with van der Waals surface area (Å²) in [5.41, 5.74) is 3.44. The van der Waals surface area contributed by atoms with Gasteiger partial charge in [-0.1, -0.05) is 27.7 Å². The highest BCUT2D eigenvalue weighted by molar-refractivity contribution is 6.08. The Balaban J connectivity index is 0.00000199. The zero-order valence-corrected chi connectivity index (χ0v) is 19.1. The van der Waals surface area contributed by atoms with Crippen LogP contribution in [-0.4, -0.2) is 40.8 Å². The maximum absolute atomic E-state index is 14.2. The number of hydrogen-bond acceptors (Lipinski definition) is 5. The van der Waals surface area contributed by atoms with Crippen LogP contribution < -0.4 is 16.0 Å². The van der Waals surface area contributed by atoms with Gasteiger partial charge in [0.2, 0.25) is 0 Å². The molecule has 2 aromatic rings. The van der Waals surface area contributed by atoms with E-state index >= 15 is 0 Å². The average molecular weight is 487 g/mol. The first-order valence-electron chi connectivity index (χ1n) is 10.6. The number of alkyl halides is 5. The van der Waals surface area contributed by atoms with Gasteiger partial charge in [-0.2, -0.15) is 13.2 Å². The zero-order valence-electron chi connectivity index (χ0n) is 19.1. The molecule has 1 aliphatic rings. The lowest BCUT2D eigenvalue weighted by Gasteiger charge is -2.42. The van der Waals surface area contributed by atoms with Crippen LogP contribution in [0.2, 0.25) is 0 Å². The molecule has 1 fully saturated rings. The van der Waals surface area contributed by atoms with Gasteiger partial charge >= 0.3 is 6.18 Å². The van der Waals surface area contributed by atoms with E-state index in [1.165, 1.54) is 31.0 Å². The first-order chi connectivity index (χ1) is 15.8. The number of primary amides is 1. The highest BCUT2D eigenvalue weighted by Gasteiger charge is 2.48. The highest BCUT2D eigenvalue weighted by Crippen LogP contribution is 2.40. The summed E-state index contributed by atoms with van der Waals surface area (Å²) in [7, 11) is 0. The summed E-state index contributed by atoms with van der Waals surface area (Å²) < 4.78 is 68.2. The van der Waals surface area contributed by atoms with Gasteiger partial charge in [0, 0.05) is 43.0 Å². The van der Waals surface area contributed by atoms with Crippen LogP contribution in [0.3, 0.4) is 0 Å². The number of nitrogens with two attached hydrogens (primary N) is 1. The Hall–Kier alpha value is -3.31. The molecular weight excluding hydrogens is 461 g/mol. The fraction of sp³-hybridized carbons (Fsp3) is 0.455. The Morgan fingerprint density at radius 2 is 1.71 bits per heavy atom. The molecule has 3 N–H and O–H groups in total. The van der Waals surface area contributed by atoms with Crippen LogP contribution in [0.25, 0.3) is 0 Å². The molecule has 0 saturated carbocycles. The van der Waals surface area contributed by atoms with Gasteiger partial charge in [0.05, 0.1) is 11.1 Å². The lowest BCUT2D eigenvalue weighted by Crippen LogP contribution is -2.52. The maximum atomic E-state index is 14.2. The second-order valence-electron chi connectivity index (χ2n) is 7.72. The predicted octanol–water partition coefficient (Wildman–Crippen LogP) is 4.60. The Labute approximate surface area is 193 Å². The van der Waals surface area contributed by atoms with Gasteiger partial charge in [0.15, 0.2) is 0 Å². The molecule has 2 amide bonds. The van der Waals surface area contributed by atoms with Crippen molar-refractivity contribution >= 4 is 23.3 Å². The molecule has 7 nitrogen and oxygen atoms in total. The second kappa shape index (κ2) is 10.3. The van der Waals surface area contributed by atoms with Crippen molar-refractivity contribution in [3.8, 4) is 0 Å². The van der Waals surface area contributed by atoms with Crippen molar-refractivity contribution in [1.29, 1.82) is 0 Å². The number of carbonyl (C=O) groups is 2. The van der Waals surface area contributed by atoms with Gasteiger partial charge in [-0.3, -0.25) is 14.6 Å². The summed E-state index contributed by atoms with van der Waals surface area (Å²) in [6, 6.07) is 3.10. The van der Waals surface area contributed by atoms with Crippen molar-refractivity contribution in [2.75, 3.05) is 23.3 Å². The number of nitrogens with one attached hydrogen (secondary N) is 1. The number of anilines is 2. The molecule has 1 saturated heterocycles. The molecule has 0 aliphatic carbocycles. The Morgan fingerprint density at radius 3 is 2.24 bits per heavy atom. The van der Waals surface area contributed by atoms with Crippen LogP contribution >= 0.6 is 0 Å². The lowest BCUT2D eigenvalue weighted by molar-refractivity contribution is -0.137. The van der Waals surface area contributed by atoms with Crippen molar-refractivity contribution in [3.63, 3.8) is 0 Å². The quantitative estimate of drug-likeness (QED) is 0.614. The monoisotopic (exact) mass is 487 g/mol. The van der Waals surface area contributed by atoms with Gasteiger partial charge in [-0.25, -0.2) is 13.8 Å². The van der Waals surface area contributed by atoms with E-state index in [0.717, 1.165) is 6.07 Å². The van der Waals surface area contributed by atoms with E-state index in [9.17, 15) is 31.5 Å². The molecule has 0 aromatic carbocycles. The van der Waals surface area contributed by atoms with Crippen LogP contribution in [0.4, 0.5) is 33.5 Å². The van der Waals surface area contributed by atoms with Crippen LogP contribution in [0, 0.1) is 11.8 Å². The van der Waals surface area contributed by atoms with Gasteiger partial charge in [-0.15, -0.1) is 0 Å². The minimum absolute atomic E-state index is 0.0640. The molecule has 2 unspecified atom stereocenters. The molecular formula is C22H26F5N5O2. The predicted molar refractivity (Wildman–Crippen MR) is 117 cm³/mol. The van der Waals surface area contributed by atoms with E-state index in [2.05, 4.69) is 15.3 Å². The van der Waals surface area contributed by atoms with Gasteiger partial charge in [-0.05, 0) is 18.2 Å². The Morgan fingerprint density at radius 1 is 1.12 bits per heavy atom. The van der Waals surface area contributed by atoms with Crippen molar-refractivity contribution in [3.05, 3.63) is 47.4 Å². The number of pyridine rings is 2. The van der Waals surface area contributed by atoms with Crippen molar-refractivity contribution in [1.82, 2.24) is 9.97 Å². The normalized spacial score (nSPS) is 19.6. The van der Waals surface area contributed by atoms with Crippen LogP contribution in [0.1, 0.15) is 54.1 Å². The highest BCUT2D eigenvalue weighted by atomic mass is 19.4. The fourth-order valence-electron chi connectivity index (χ4n) is 3.51. The van der Waals surface area contributed by atoms with E-state index in [1.807, 2.05) is 13.8 Å².